The maximum atomic E-state index is 13.4. The fourth-order valence-corrected chi connectivity index (χ4v) is 3.42. The van der Waals surface area contributed by atoms with E-state index in [0.29, 0.717) is 11.0 Å². The molecule has 0 aliphatic heterocycles. The minimum Gasteiger partial charge on any atom is -0.383 e. The Morgan fingerprint density at radius 1 is 1.37 bits per heavy atom. The monoisotopic (exact) mass is 428 g/mol. The third-order valence-corrected chi connectivity index (χ3v) is 4.96. The predicted molar refractivity (Wildman–Crippen MR) is 107 cm³/mol. The van der Waals surface area contributed by atoms with Gasteiger partial charge < -0.3 is 18.9 Å². The van der Waals surface area contributed by atoms with Gasteiger partial charge in [0.05, 0.1) is 28.2 Å². The highest BCUT2D eigenvalue weighted by Gasteiger charge is 2.27. The Morgan fingerprint density at radius 2 is 2.13 bits per heavy atom. The molecule has 0 bridgehead atoms. The molecule has 1 aromatic carbocycles. The van der Waals surface area contributed by atoms with Gasteiger partial charge in [-0.1, -0.05) is 16.8 Å². The number of aromatic nitrogens is 5. The fraction of sp³-hybridized carbons (Fsp3) is 0.316. The molecule has 154 valence electrons. The average Bonchev–Trinajstić information content (AvgIpc) is 3.35. The van der Waals surface area contributed by atoms with Crippen molar-refractivity contribution in [1.29, 1.82) is 5.26 Å². The van der Waals surface area contributed by atoms with Crippen molar-refractivity contribution in [2.75, 3.05) is 13.7 Å². The highest BCUT2D eigenvalue weighted by molar-refractivity contribution is 6.32. The number of rotatable bonds is 5. The molecule has 1 N–H and O–H groups in total. The van der Waals surface area contributed by atoms with Gasteiger partial charge >= 0.3 is 0 Å². The first kappa shape index (κ1) is 20.0. The summed E-state index contributed by atoms with van der Waals surface area (Å²) < 4.78 is 13.3. The number of halogens is 1. The van der Waals surface area contributed by atoms with E-state index >= 15 is 0 Å². The van der Waals surface area contributed by atoms with E-state index in [2.05, 4.69) is 21.2 Å². The van der Waals surface area contributed by atoms with Crippen molar-refractivity contribution in [2.45, 2.75) is 26.0 Å². The maximum Gasteiger partial charge on any atom is 0.277 e. The minimum absolute atomic E-state index is 0.00213. The van der Waals surface area contributed by atoms with E-state index in [1.165, 1.54) is 31.9 Å². The fourth-order valence-electron chi connectivity index (χ4n) is 3.22. The van der Waals surface area contributed by atoms with Crippen molar-refractivity contribution in [3.05, 3.63) is 45.3 Å². The van der Waals surface area contributed by atoms with Crippen LogP contribution in [0.1, 0.15) is 25.3 Å². The predicted octanol–water partition coefficient (Wildman–Crippen LogP) is 2.10. The standard InChI is InChI=1S/C19H17ClN6O4/c1-19(2,28)18-23-16(24-30-18)13-15-17(27)25(6-7-29-3)14-10(8-21)11(20)4-5-12(14)26(15)9-22-13/h4-5,9,28H,6-7H2,1-3H3. The number of hydrogen-bond acceptors (Lipinski definition) is 8. The summed E-state index contributed by atoms with van der Waals surface area (Å²) in [5.41, 5.74) is -0.233. The molecular formula is C19H17ClN6O4. The molecule has 3 aromatic heterocycles. The molecule has 0 fully saturated rings. The number of nitrogens with zero attached hydrogens (tertiary/aromatic N) is 6. The van der Waals surface area contributed by atoms with Crippen molar-refractivity contribution < 1.29 is 14.4 Å². The molecule has 0 atom stereocenters. The summed E-state index contributed by atoms with van der Waals surface area (Å²) in [6.07, 6.45) is 1.45. The molecule has 3 heterocycles. The molecule has 4 aromatic rings. The Kier molecular flexibility index (Phi) is 4.82. The van der Waals surface area contributed by atoms with Gasteiger partial charge in [0.2, 0.25) is 5.82 Å². The van der Waals surface area contributed by atoms with Gasteiger partial charge in [-0.25, -0.2) is 4.98 Å². The summed E-state index contributed by atoms with van der Waals surface area (Å²) in [4.78, 5) is 21.9. The van der Waals surface area contributed by atoms with Gasteiger partial charge in [0.15, 0.2) is 0 Å². The number of aliphatic hydroxyl groups is 1. The zero-order chi connectivity index (χ0) is 21.6. The number of benzene rings is 1. The summed E-state index contributed by atoms with van der Waals surface area (Å²) in [6.45, 7) is 3.46. The largest absolute Gasteiger partial charge is 0.383 e. The van der Waals surface area contributed by atoms with Crippen LogP contribution in [-0.4, -0.2) is 42.9 Å². The van der Waals surface area contributed by atoms with Crippen LogP contribution in [0.5, 0.6) is 0 Å². The van der Waals surface area contributed by atoms with Crippen LogP contribution in [0.4, 0.5) is 0 Å². The number of imidazole rings is 1. The summed E-state index contributed by atoms with van der Waals surface area (Å²) in [7, 11) is 1.52. The lowest BCUT2D eigenvalue weighted by Crippen LogP contribution is -2.25. The van der Waals surface area contributed by atoms with E-state index in [4.69, 9.17) is 20.9 Å². The van der Waals surface area contributed by atoms with E-state index in [1.54, 1.807) is 16.5 Å². The first-order valence-electron chi connectivity index (χ1n) is 8.96. The second-order valence-electron chi connectivity index (χ2n) is 7.15. The summed E-state index contributed by atoms with van der Waals surface area (Å²) in [5, 5.41) is 23.8. The molecule has 11 heteroatoms. The average molecular weight is 429 g/mol. The second-order valence-corrected chi connectivity index (χ2v) is 7.55. The third-order valence-electron chi connectivity index (χ3n) is 4.64. The molecule has 4 rings (SSSR count). The van der Waals surface area contributed by atoms with Crippen molar-refractivity contribution >= 4 is 28.2 Å². The Balaban J connectivity index is 2.09. The van der Waals surface area contributed by atoms with Crippen molar-refractivity contribution in [3.63, 3.8) is 0 Å². The molecule has 0 unspecified atom stereocenters. The lowest BCUT2D eigenvalue weighted by molar-refractivity contribution is 0.0420. The van der Waals surface area contributed by atoms with Crippen LogP contribution < -0.4 is 5.56 Å². The van der Waals surface area contributed by atoms with Crippen molar-refractivity contribution in [3.8, 4) is 17.6 Å². The molecule has 0 spiro atoms. The highest BCUT2D eigenvalue weighted by atomic mass is 35.5. The van der Waals surface area contributed by atoms with E-state index < -0.39 is 11.2 Å². The number of hydrogen-bond donors (Lipinski definition) is 1. The van der Waals surface area contributed by atoms with E-state index in [1.807, 2.05) is 0 Å². The van der Waals surface area contributed by atoms with Crippen LogP contribution in [-0.2, 0) is 16.9 Å². The first-order valence-corrected chi connectivity index (χ1v) is 9.33. The molecule has 0 aliphatic rings. The molecule has 0 saturated carbocycles. The van der Waals surface area contributed by atoms with Crippen molar-refractivity contribution in [1.82, 2.24) is 24.1 Å². The van der Waals surface area contributed by atoms with Gasteiger partial charge in [0.1, 0.15) is 29.2 Å². The van der Waals surface area contributed by atoms with E-state index in [9.17, 15) is 15.2 Å². The van der Waals surface area contributed by atoms with Crippen LogP contribution in [0.3, 0.4) is 0 Å². The van der Waals surface area contributed by atoms with Gasteiger partial charge in [-0.15, -0.1) is 0 Å². The minimum atomic E-state index is -1.34. The molecule has 10 nitrogen and oxygen atoms in total. The Labute approximate surface area is 174 Å². The summed E-state index contributed by atoms with van der Waals surface area (Å²) in [5.74, 6) is 0.0662. The first-order chi connectivity index (χ1) is 14.3. The molecule has 0 radical (unpaired) electrons. The van der Waals surface area contributed by atoms with Gasteiger partial charge in [-0.2, -0.15) is 10.2 Å². The van der Waals surface area contributed by atoms with E-state index in [0.717, 1.165) is 0 Å². The third kappa shape index (κ3) is 3.04. The van der Waals surface area contributed by atoms with Gasteiger partial charge in [-0.05, 0) is 26.0 Å². The van der Waals surface area contributed by atoms with Crippen LogP contribution in [0.25, 0.3) is 28.1 Å². The Bertz CT molecular complexity index is 1370. The second kappa shape index (κ2) is 7.21. The Morgan fingerprint density at radius 3 is 2.77 bits per heavy atom. The molecular weight excluding hydrogens is 412 g/mol. The lowest BCUT2D eigenvalue weighted by Gasteiger charge is -2.14. The Hall–Kier alpha value is -3.26. The molecule has 0 aliphatic carbocycles. The quantitative estimate of drug-likeness (QED) is 0.511. The highest BCUT2D eigenvalue weighted by Crippen LogP contribution is 2.28. The molecule has 0 amide bonds. The SMILES string of the molecule is COCCn1c(=O)c2c(-c3noc(C(C)(C)O)n3)ncn2c2ccc(Cl)c(C#N)c21. The zero-order valence-corrected chi connectivity index (χ0v) is 17.1. The number of ether oxygens (including phenoxy) is 1. The van der Waals surface area contributed by atoms with Crippen LogP contribution in [0, 0.1) is 11.3 Å². The topological polar surface area (TPSA) is 131 Å². The lowest BCUT2D eigenvalue weighted by atomic mass is 10.1. The smallest absolute Gasteiger partial charge is 0.277 e. The van der Waals surface area contributed by atoms with Gasteiger partial charge in [-0.3, -0.25) is 9.20 Å². The number of fused-ring (bicyclic) bond motifs is 3. The van der Waals surface area contributed by atoms with Crippen LogP contribution >= 0.6 is 11.6 Å². The number of nitriles is 1. The molecule has 30 heavy (non-hydrogen) atoms. The van der Waals surface area contributed by atoms with Crippen LogP contribution in [0.2, 0.25) is 5.02 Å². The van der Waals surface area contributed by atoms with Crippen molar-refractivity contribution in [2.24, 2.45) is 0 Å². The number of methoxy groups -OCH3 is 1. The van der Waals surface area contributed by atoms with Crippen LogP contribution in [0.15, 0.2) is 27.8 Å². The van der Waals surface area contributed by atoms with Gasteiger partial charge in [0, 0.05) is 13.7 Å². The normalized spacial score (nSPS) is 12.0. The summed E-state index contributed by atoms with van der Waals surface area (Å²) in [6, 6.07) is 5.37. The maximum absolute atomic E-state index is 13.4. The van der Waals surface area contributed by atoms with Gasteiger partial charge in [0.25, 0.3) is 11.4 Å². The molecule has 0 saturated heterocycles. The zero-order valence-electron chi connectivity index (χ0n) is 16.4. The van der Waals surface area contributed by atoms with E-state index in [-0.39, 0.29) is 46.7 Å². The summed E-state index contributed by atoms with van der Waals surface area (Å²) >= 11 is 6.21.